The van der Waals surface area contributed by atoms with E-state index in [0.29, 0.717) is 18.4 Å². The van der Waals surface area contributed by atoms with Crippen molar-refractivity contribution in [2.24, 2.45) is 10.9 Å². The number of nitrogens with zero attached hydrogens (tertiary/aromatic N) is 2. The Hall–Kier alpha value is -0.870. The molecule has 0 amide bonds. The summed E-state index contributed by atoms with van der Waals surface area (Å²) < 4.78 is 25.7. The Morgan fingerprint density at radius 3 is 2.46 bits per heavy atom. The number of hydrogen-bond donors (Lipinski definition) is 2. The molecule has 160 valence electrons. The van der Waals surface area contributed by atoms with Crippen molar-refractivity contribution in [3.05, 3.63) is 35.9 Å². The Labute approximate surface area is 187 Å². The summed E-state index contributed by atoms with van der Waals surface area (Å²) in [6.45, 7) is 11.1. The minimum atomic E-state index is -3.27. The first-order valence-electron chi connectivity index (χ1n) is 9.68. The molecule has 0 spiro atoms. The number of sulfonamides is 1. The summed E-state index contributed by atoms with van der Waals surface area (Å²) >= 11 is 0. The number of guanidine groups is 1. The predicted molar refractivity (Wildman–Crippen MR) is 128 cm³/mol. The molecule has 8 heteroatoms. The number of hydrogen-bond acceptors (Lipinski definition) is 3. The van der Waals surface area contributed by atoms with Crippen LogP contribution in [0, 0.1) is 5.92 Å². The number of piperidine rings is 1. The fourth-order valence-electron chi connectivity index (χ4n) is 3.77. The molecule has 1 heterocycles. The van der Waals surface area contributed by atoms with Crippen molar-refractivity contribution >= 4 is 40.0 Å². The van der Waals surface area contributed by atoms with Crippen molar-refractivity contribution in [3.63, 3.8) is 0 Å². The van der Waals surface area contributed by atoms with E-state index in [2.05, 4.69) is 59.1 Å². The molecule has 28 heavy (non-hydrogen) atoms. The van der Waals surface area contributed by atoms with Crippen LogP contribution in [-0.4, -0.2) is 57.3 Å². The zero-order valence-corrected chi connectivity index (χ0v) is 20.8. The molecule has 2 rings (SSSR count). The number of aliphatic imine (C=N–C) groups is 1. The molecule has 0 saturated carbocycles. The SMILES string of the molecule is CCNC(=NCC(C)(C)NS(C)(=O)=O)N1CCC(c2ccccc2)C(C)C1.I. The summed E-state index contributed by atoms with van der Waals surface area (Å²) in [5.74, 6) is 1.94. The van der Waals surface area contributed by atoms with Gasteiger partial charge in [-0.05, 0) is 44.6 Å². The number of likely N-dealkylation sites (tertiary alicyclic amines) is 1. The Bertz CT molecular complexity index is 738. The third kappa shape index (κ3) is 7.87. The van der Waals surface area contributed by atoms with Gasteiger partial charge >= 0.3 is 0 Å². The van der Waals surface area contributed by atoms with Crippen LogP contribution in [0.5, 0.6) is 0 Å². The van der Waals surface area contributed by atoms with E-state index in [1.165, 1.54) is 11.8 Å². The number of rotatable bonds is 6. The minimum Gasteiger partial charge on any atom is -0.357 e. The lowest BCUT2D eigenvalue weighted by Crippen LogP contribution is -2.50. The lowest BCUT2D eigenvalue weighted by Gasteiger charge is -2.39. The first-order valence-corrected chi connectivity index (χ1v) is 11.6. The highest BCUT2D eigenvalue weighted by Gasteiger charge is 2.29. The Balaban J connectivity index is 0.00000392. The average Bonchev–Trinajstić information content (AvgIpc) is 2.57. The second kappa shape index (κ2) is 10.8. The highest BCUT2D eigenvalue weighted by molar-refractivity contribution is 14.0. The Kier molecular flexibility index (Phi) is 9.69. The molecular formula is C20H35IN4O2S. The van der Waals surface area contributed by atoms with Crippen molar-refractivity contribution in [1.82, 2.24) is 14.9 Å². The first kappa shape index (κ1) is 25.2. The molecule has 1 aromatic carbocycles. The number of halogens is 1. The van der Waals surface area contributed by atoms with Crippen LogP contribution in [0.1, 0.15) is 45.6 Å². The molecule has 2 N–H and O–H groups in total. The summed E-state index contributed by atoms with van der Waals surface area (Å²) in [5.41, 5.74) is 0.785. The van der Waals surface area contributed by atoms with Crippen LogP contribution in [0.15, 0.2) is 35.3 Å². The number of nitrogens with one attached hydrogen (secondary N) is 2. The molecule has 0 aliphatic carbocycles. The van der Waals surface area contributed by atoms with Gasteiger partial charge in [-0.1, -0.05) is 37.3 Å². The van der Waals surface area contributed by atoms with Crippen molar-refractivity contribution in [3.8, 4) is 0 Å². The van der Waals surface area contributed by atoms with Crippen molar-refractivity contribution in [1.29, 1.82) is 0 Å². The van der Waals surface area contributed by atoms with Gasteiger partial charge in [0.25, 0.3) is 0 Å². The topological polar surface area (TPSA) is 73.8 Å². The van der Waals surface area contributed by atoms with E-state index in [1.807, 2.05) is 13.8 Å². The van der Waals surface area contributed by atoms with Gasteiger partial charge in [-0.25, -0.2) is 13.1 Å². The van der Waals surface area contributed by atoms with E-state index in [4.69, 9.17) is 4.99 Å². The van der Waals surface area contributed by atoms with Gasteiger partial charge in [-0.2, -0.15) is 0 Å². The van der Waals surface area contributed by atoms with E-state index in [9.17, 15) is 8.42 Å². The zero-order chi connectivity index (χ0) is 20.1. The standard InChI is InChI=1S/C20H34N4O2S.HI/c1-6-21-19(22-15-20(3,4)23-27(5,25)26)24-13-12-18(16(2)14-24)17-10-8-7-9-11-17;/h7-11,16,18,23H,6,12-15H2,1-5H3,(H,21,22);1H. The molecule has 2 atom stereocenters. The summed E-state index contributed by atoms with van der Waals surface area (Å²) in [5, 5.41) is 3.36. The van der Waals surface area contributed by atoms with Crippen molar-refractivity contribution in [2.45, 2.75) is 45.6 Å². The van der Waals surface area contributed by atoms with Crippen LogP contribution in [0.25, 0.3) is 0 Å². The normalized spacial score (nSPS) is 21.2. The largest absolute Gasteiger partial charge is 0.357 e. The van der Waals surface area contributed by atoms with Crippen molar-refractivity contribution in [2.75, 3.05) is 32.4 Å². The van der Waals surface area contributed by atoms with Crippen LogP contribution >= 0.6 is 24.0 Å². The third-order valence-corrected chi connectivity index (χ3v) is 5.78. The van der Waals surface area contributed by atoms with Gasteiger partial charge in [0, 0.05) is 25.2 Å². The maximum absolute atomic E-state index is 11.5. The molecule has 0 radical (unpaired) electrons. The van der Waals surface area contributed by atoms with Gasteiger partial charge in [-0.3, -0.25) is 4.99 Å². The first-order chi connectivity index (χ1) is 12.6. The smallest absolute Gasteiger partial charge is 0.209 e. The predicted octanol–water partition coefficient (Wildman–Crippen LogP) is 3.02. The van der Waals surface area contributed by atoms with Gasteiger partial charge in [0.15, 0.2) is 5.96 Å². The van der Waals surface area contributed by atoms with E-state index in [-0.39, 0.29) is 24.0 Å². The summed E-state index contributed by atoms with van der Waals surface area (Å²) in [7, 11) is -3.27. The number of benzene rings is 1. The molecule has 6 nitrogen and oxygen atoms in total. The van der Waals surface area contributed by atoms with Gasteiger partial charge in [-0.15, -0.1) is 24.0 Å². The Morgan fingerprint density at radius 2 is 1.93 bits per heavy atom. The minimum absolute atomic E-state index is 0. The second-order valence-electron chi connectivity index (χ2n) is 8.16. The van der Waals surface area contributed by atoms with E-state index < -0.39 is 15.6 Å². The molecule has 0 aromatic heterocycles. The van der Waals surface area contributed by atoms with Crippen LogP contribution in [0.4, 0.5) is 0 Å². The molecule has 1 aromatic rings. The Morgan fingerprint density at radius 1 is 1.29 bits per heavy atom. The maximum atomic E-state index is 11.5. The van der Waals surface area contributed by atoms with Gasteiger partial charge < -0.3 is 10.2 Å². The van der Waals surface area contributed by atoms with Crippen LogP contribution in [0.2, 0.25) is 0 Å². The van der Waals surface area contributed by atoms with Gasteiger partial charge in [0.05, 0.1) is 12.8 Å². The van der Waals surface area contributed by atoms with Gasteiger partial charge in [0.1, 0.15) is 0 Å². The molecule has 2 unspecified atom stereocenters. The van der Waals surface area contributed by atoms with E-state index >= 15 is 0 Å². The van der Waals surface area contributed by atoms with Crippen molar-refractivity contribution < 1.29 is 8.42 Å². The molecule has 1 aliphatic rings. The monoisotopic (exact) mass is 522 g/mol. The highest BCUT2D eigenvalue weighted by atomic mass is 127. The van der Waals surface area contributed by atoms with E-state index in [0.717, 1.165) is 32.0 Å². The fraction of sp³-hybridized carbons (Fsp3) is 0.650. The quantitative estimate of drug-likeness (QED) is 0.342. The summed E-state index contributed by atoms with van der Waals surface area (Å²) in [4.78, 5) is 7.03. The van der Waals surface area contributed by atoms with Crippen LogP contribution in [-0.2, 0) is 10.0 Å². The fourth-order valence-corrected chi connectivity index (χ4v) is 4.83. The molecule has 1 fully saturated rings. The second-order valence-corrected chi connectivity index (χ2v) is 9.91. The lowest BCUT2D eigenvalue weighted by molar-refractivity contribution is 0.234. The molecular weight excluding hydrogens is 487 g/mol. The lowest BCUT2D eigenvalue weighted by atomic mass is 9.82. The molecule has 1 saturated heterocycles. The zero-order valence-electron chi connectivity index (χ0n) is 17.6. The van der Waals surface area contributed by atoms with Crippen LogP contribution < -0.4 is 10.0 Å². The third-order valence-electron chi connectivity index (χ3n) is 4.85. The average molecular weight is 522 g/mol. The van der Waals surface area contributed by atoms with Gasteiger partial charge in [0.2, 0.25) is 10.0 Å². The highest BCUT2D eigenvalue weighted by Crippen LogP contribution is 2.32. The molecule has 1 aliphatic heterocycles. The van der Waals surface area contributed by atoms with E-state index in [1.54, 1.807) is 0 Å². The molecule has 0 bridgehead atoms. The van der Waals surface area contributed by atoms with Crippen LogP contribution in [0.3, 0.4) is 0 Å². The summed E-state index contributed by atoms with van der Waals surface area (Å²) in [6, 6.07) is 10.7. The maximum Gasteiger partial charge on any atom is 0.209 e. The summed E-state index contributed by atoms with van der Waals surface area (Å²) in [6.07, 6.45) is 2.26.